The summed E-state index contributed by atoms with van der Waals surface area (Å²) < 4.78 is 4.33. The first-order valence-corrected chi connectivity index (χ1v) is 5.15. The number of benzene rings is 1. The minimum absolute atomic E-state index is 0.123. The molecule has 3 N–H and O–H groups in total. The largest absolute Gasteiger partial charge is 0.364 e. The van der Waals surface area contributed by atoms with Crippen molar-refractivity contribution in [1.29, 1.82) is 0 Å². The molecule has 7 nitrogen and oxygen atoms in total. The first-order chi connectivity index (χ1) is 8.58. The Balaban J connectivity index is 2.19. The minimum Gasteiger partial charge on any atom is -0.364 e. The number of carbonyl (C=O) groups is 2. The van der Waals surface area contributed by atoms with Gasteiger partial charge < -0.3 is 11.1 Å². The molecule has 0 spiro atoms. The molecule has 2 aromatic rings. The topological polar surface area (TPSA) is 111 Å². The van der Waals surface area contributed by atoms with Crippen molar-refractivity contribution in [3.05, 3.63) is 40.5 Å². The fourth-order valence-corrected chi connectivity index (χ4v) is 1.34. The zero-order valence-corrected chi connectivity index (χ0v) is 9.64. The number of rotatable bonds is 3. The summed E-state index contributed by atoms with van der Waals surface area (Å²) >= 11 is 5.70. The van der Waals surface area contributed by atoms with Crippen molar-refractivity contribution in [3.8, 4) is 0 Å². The summed E-state index contributed by atoms with van der Waals surface area (Å²) in [6.45, 7) is 0. The van der Waals surface area contributed by atoms with Crippen LogP contribution < -0.4 is 11.1 Å². The third kappa shape index (κ3) is 2.46. The van der Waals surface area contributed by atoms with Crippen LogP contribution in [-0.4, -0.2) is 22.1 Å². The van der Waals surface area contributed by atoms with Crippen molar-refractivity contribution >= 4 is 29.2 Å². The Hall–Kier alpha value is -2.41. The zero-order valence-electron chi connectivity index (χ0n) is 8.88. The second-order valence-corrected chi connectivity index (χ2v) is 3.72. The van der Waals surface area contributed by atoms with Crippen LogP contribution in [0.3, 0.4) is 0 Å². The van der Waals surface area contributed by atoms with E-state index < -0.39 is 11.8 Å². The molecule has 0 atom stereocenters. The normalized spacial score (nSPS) is 10.1. The van der Waals surface area contributed by atoms with Gasteiger partial charge in [-0.2, -0.15) is 0 Å². The van der Waals surface area contributed by atoms with Crippen LogP contribution in [0.5, 0.6) is 0 Å². The van der Waals surface area contributed by atoms with E-state index in [0.717, 1.165) is 0 Å². The van der Waals surface area contributed by atoms with Gasteiger partial charge in [0.15, 0.2) is 0 Å². The lowest BCUT2D eigenvalue weighted by atomic mass is 10.2. The SMILES string of the molecule is NC(=O)c1nonc1NC(=O)c1ccc(Cl)cc1. The predicted octanol–water partition coefficient (Wildman–Crippen LogP) is 1.07. The van der Waals surface area contributed by atoms with Crippen molar-refractivity contribution < 1.29 is 14.2 Å². The second kappa shape index (κ2) is 4.84. The maximum atomic E-state index is 11.8. The average molecular weight is 267 g/mol. The number of aromatic nitrogens is 2. The van der Waals surface area contributed by atoms with Crippen LogP contribution in [0.1, 0.15) is 20.8 Å². The molecule has 0 fully saturated rings. The number of carbonyl (C=O) groups excluding carboxylic acids is 2. The number of hydrogen-bond acceptors (Lipinski definition) is 5. The molecule has 18 heavy (non-hydrogen) atoms. The van der Waals surface area contributed by atoms with Gasteiger partial charge >= 0.3 is 0 Å². The lowest BCUT2D eigenvalue weighted by Gasteiger charge is -2.01. The highest BCUT2D eigenvalue weighted by atomic mass is 35.5. The van der Waals surface area contributed by atoms with E-state index in [1.165, 1.54) is 12.1 Å². The molecule has 1 heterocycles. The molecule has 0 saturated carbocycles. The number of halogens is 1. The van der Waals surface area contributed by atoms with E-state index in [4.69, 9.17) is 17.3 Å². The Labute approximate surface area is 106 Å². The van der Waals surface area contributed by atoms with Crippen molar-refractivity contribution in [1.82, 2.24) is 10.3 Å². The summed E-state index contributed by atoms with van der Waals surface area (Å²) in [6, 6.07) is 6.17. The minimum atomic E-state index is -0.845. The van der Waals surface area contributed by atoms with Crippen LogP contribution in [0.2, 0.25) is 5.02 Å². The highest BCUT2D eigenvalue weighted by Crippen LogP contribution is 2.13. The Morgan fingerprint density at radius 2 is 1.89 bits per heavy atom. The van der Waals surface area contributed by atoms with Crippen LogP contribution >= 0.6 is 11.6 Å². The van der Waals surface area contributed by atoms with Gasteiger partial charge in [0.25, 0.3) is 11.8 Å². The van der Waals surface area contributed by atoms with E-state index in [9.17, 15) is 9.59 Å². The molecule has 8 heteroatoms. The Bertz CT molecular complexity index is 593. The number of nitrogens with zero attached hydrogens (tertiary/aromatic N) is 2. The highest BCUT2D eigenvalue weighted by Gasteiger charge is 2.18. The third-order valence-electron chi connectivity index (χ3n) is 2.06. The van der Waals surface area contributed by atoms with Gasteiger partial charge in [-0.3, -0.25) is 9.59 Å². The molecule has 1 aromatic heterocycles. The standard InChI is InChI=1S/C10H7ClN4O3/c11-6-3-1-5(2-4-6)10(17)13-9-7(8(12)16)14-18-15-9/h1-4H,(H2,12,16)(H,13,15,17). The molecule has 0 unspecified atom stereocenters. The zero-order chi connectivity index (χ0) is 13.1. The summed E-state index contributed by atoms with van der Waals surface area (Å²) in [6.07, 6.45) is 0. The molecular formula is C10H7ClN4O3. The third-order valence-corrected chi connectivity index (χ3v) is 2.31. The smallest absolute Gasteiger partial charge is 0.274 e. The molecule has 1 aromatic carbocycles. The summed E-state index contributed by atoms with van der Waals surface area (Å²) in [5.41, 5.74) is 5.13. The first kappa shape index (κ1) is 12.1. The van der Waals surface area contributed by atoms with Crippen LogP contribution in [0.15, 0.2) is 28.9 Å². The summed E-state index contributed by atoms with van der Waals surface area (Å²) in [4.78, 5) is 22.7. The number of primary amides is 1. The monoisotopic (exact) mass is 266 g/mol. The summed E-state index contributed by atoms with van der Waals surface area (Å²) in [5, 5.41) is 9.52. The lowest BCUT2D eigenvalue weighted by molar-refractivity contribution is 0.0991. The predicted molar refractivity (Wildman–Crippen MR) is 62.2 cm³/mol. The molecule has 2 rings (SSSR count). The molecule has 0 saturated heterocycles. The van der Waals surface area contributed by atoms with Gasteiger partial charge in [0.2, 0.25) is 11.5 Å². The Morgan fingerprint density at radius 1 is 1.22 bits per heavy atom. The number of anilines is 1. The van der Waals surface area contributed by atoms with Crippen LogP contribution in [0.4, 0.5) is 5.82 Å². The molecule has 0 aliphatic carbocycles. The van der Waals surface area contributed by atoms with Crippen LogP contribution in [0.25, 0.3) is 0 Å². The van der Waals surface area contributed by atoms with Crippen molar-refractivity contribution in [2.45, 2.75) is 0 Å². The fourth-order valence-electron chi connectivity index (χ4n) is 1.21. The van der Waals surface area contributed by atoms with Gasteiger partial charge in [-0.15, -0.1) is 0 Å². The quantitative estimate of drug-likeness (QED) is 0.863. The molecule has 2 amide bonds. The van der Waals surface area contributed by atoms with Gasteiger partial charge in [0, 0.05) is 10.6 Å². The van der Waals surface area contributed by atoms with E-state index >= 15 is 0 Å². The van der Waals surface area contributed by atoms with E-state index in [-0.39, 0.29) is 11.5 Å². The van der Waals surface area contributed by atoms with E-state index in [2.05, 4.69) is 20.3 Å². The van der Waals surface area contributed by atoms with Crippen LogP contribution in [0, 0.1) is 0 Å². The van der Waals surface area contributed by atoms with Gasteiger partial charge in [0.05, 0.1) is 0 Å². The molecule has 92 valence electrons. The summed E-state index contributed by atoms with van der Waals surface area (Å²) in [7, 11) is 0. The summed E-state index contributed by atoms with van der Waals surface area (Å²) in [5.74, 6) is -1.45. The van der Waals surface area contributed by atoms with Crippen molar-refractivity contribution in [2.24, 2.45) is 5.73 Å². The Kier molecular flexibility index (Phi) is 3.24. The average Bonchev–Trinajstić information content (AvgIpc) is 2.78. The first-order valence-electron chi connectivity index (χ1n) is 4.77. The molecule has 0 bridgehead atoms. The van der Waals surface area contributed by atoms with Gasteiger partial charge in [0.1, 0.15) is 0 Å². The van der Waals surface area contributed by atoms with E-state index in [0.29, 0.717) is 10.6 Å². The molecule has 0 aliphatic heterocycles. The van der Waals surface area contributed by atoms with Crippen molar-refractivity contribution in [3.63, 3.8) is 0 Å². The van der Waals surface area contributed by atoms with E-state index in [1.807, 2.05) is 0 Å². The fraction of sp³-hybridized carbons (Fsp3) is 0. The van der Waals surface area contributed by atoms with E-state index in [1.54, 1.807) is 12.1 Å². The lowest BCUT2D eigenvalue weighted by Crippen LogP contribution is -2.18. The highest BCUT2D eigenvalue weighted by molar-refractivity contribution is 6.30. The second-order valence-electron chi connectivity index (χ2n) is 3.29. The Morgan fingerprint density at radius 3 is 2.50 bits per heavy atom. The van der Waals surface area contributed by atoms with Crippen molar-refractivity contribution in [2.75, 3.05) is 5.32 Å². The van der Waals surface area contributed by atoms with Gasteiger partial charge in [-0.25, -0.2) is 4.63 Å². The molecule has 0 aliphatic rings. The van der Waals surface area contributed by atoms with Gasteiger partial charge in [-0.05, 0) is 34.6 Å². The van der Waals surface area contributed by atoms with Crippen LogP contribution in [-0.2, 0) is 0 Å². The maximum absolute atomic E-state index is 11.8. The number of nitrogens with two attached hydrogens (primary N) is 1. The molecule has 0 radical (unpaired) electrons. The maximum Gasteiger partial charge on any atom is 0.274 e. The number of nitrogens with one attached hydrogen (secondary N) is 1. The van der Waals surface area contributed by atoms with Gasteiger partial charge in [-0.1, -0.05) is 11.6 Å². The number of amides is 2. The number of hydrogen-bond donors (Lipinski definition) is 2. The molecular weight excluding hydrogens is 260 g/mol.